The van der Waals surface area contributed by atoms with E-state index in [1.54, 1.807) is 0 Å². The molecule has 17 heavy (non-hydrogen) atoms. The molecule has 0 radical (unpaired) electrons. The summed E-state index contributed by atoms with van der Waals surface area (Å²) in [6.45, 7) is 4.17. The van der Waals surface area contributed by atoms with E-state index in [0.29, 0.717) is 0 Å². The maximum atomic E-state index is 11.3. The second-order valence-electron chi connectivity index (χ2n) is 4.42. The van der Waals surface area contributed by atoms with Crippen molar-refractivity contribution in [2.24, 2.45) is 0 Å². The summed E-state index contributed by atoms with van der Waals surface area (Å²) in [6, 6.07) is -1.74. The zero-order valence-corrected chi connectivity index (χ0v) is 11.1. The van der Waals surface area contributed by atoms with Crippen molar-refractivity contribution in [3.63, 3.8) is 0 Å². The molecule has 0 bridgehead atoms. The zero-order valence-electron chi connectivity index (χ0n) is 10.3. The number of nitrogens with one attached hydrogen (secondary N) is 2. The van der Waals surface area contributed by atoms with Crippen LogP contribution in [-0.4, -0.2) is 49.1 Å². The van der Waals surface area contributed by atoms with Gasteiger partial charge in [0.15, 0.2) is 9.84 Å². The molecular weight excluding hydrogens is 248 g/mol. The first-order valence-corrected chi connectivity index (χ1v) is 6.83. The molecule has 0 aliphatic heterocycles. The molecule has 100 valence electrons. The molecule has 0 spiro atoms. The van der Waals surface area contributed by atoms with Crippen LogP contribution in [0.4, 0.5) is 4.79 Å². The summed E-state index contributed by atoms with van der Waals surface area (Å²) in [6.07, 6.45) is 1.08. The highest BCUT2D eigenvalue weighted by molar-refractivity contribution is 7.92. The largest absolute Gasteiger partial charge is 0.480 e. The lowest BCUT2D eigenvalue weighted by Crippen LogP contribution is -2.50. The first-order chi connectivity index (χ1) is 7.47. The van der Waals surface area contributed by atoms with Crippen LogP contribution in [0.3, 0.4) is 0 Å². The minimum atomic E-state index is -3.30. The van der Waals surface area contributed by atoms with E-state index < -0.39 is 32.6 Å². The molecule has 3 N–H and O–H groups in total. The summed E-state index contributed by atoms with van der Waals surface area (Å²) in [5.41, 5.74) is 0. The summed E-state index contributed by atoms with van der Waals surface area (Å²) in [5, 5.41) is 13.0. The lowest BCUT2D eigenvalue weighted by molar-refractivity contribution is -0.138. The van der Waals surface area contributed by atoms with Gasteiger partial charge in [-0.15, -0.1) is 0 Å². The second-order valence-corrected chi connectivity index (χ2v) is 7.07. The third kappa shape index (κ3) is 5.03. The average Bonchev–Trinajstić information content (AvgIpc) is 2.12. The number of hydrogen-bond acceptors (Lipinski definition) is 4. The maximum Gasteiger partial charge on any atom is 0.325 e. The Kier molecular flexibility index (Phi) is 4.94. The number of carbonyl (C=O) groups is 2. The van der Waals surface area contributed by atoms with Crippen molar-refractivity contribution < 1.29 is 23.1 Å². The Balaban J connectivity index is 4.32. The van der Waals surface area contributed by atoms with Crippen LogP contribution in [-0.2, 0) is 14.6 Å². The Morgan fingerprint density at radius 3 is 2.18 bits per heavy atom. The van der Waals surface area contributed by atoms with Crippen LogP contribution in [0, 0.1) is 0 Å². The van der Waals surface area contributed by atoms with Gasteiger partial charge in [-0.05, 0) is 20.8 Å². The van der Waals surface area contributed by atoms with E-state index in [9.17, 15) is 18.0 Å². The molecule has 0 saturated heterocycles. The molecular formula is C9H18N2O5S. The Morgan fingerprint density at radius 2 is 1.82 bits per heavy atom. The van der Waals surface area contributed by atoms with Gasteiger partial charge in [0.25, 0.3) is 0 Å². The van der Waals surface area contributed by atoms with Crippen LogP contribution in [0.5, 0.6) is 0 Å². The van der Waals surface area contributed by atoms with Gasteiger partial charge in [-0.3, -0.25) is 4.79 Å². The fourth-order valence-electron chi connectivity index (χ4n) is 0.734. The fourth-order valence-corrected chi connectivity index (χ4v) is 1.07. The van der Waals surface area contributed by atoms with Crippen LogP contribution in [0.1, 0.15) is 20.8 Å². The number of amides is 2. The Bertz CT molecular complexity index is 402. The Morgan fingerprint density at radius 1 is 1.35 bits per heavy atom. The highest BCUT2D eigenvalue weighted by Gasteiger charge is 2.30. The summed E-state index contributed by atoms with van der Waals surface area (Å²) in [5.74, 6) is -1.16. The van der Waals surface area contributed by atoms with Crippen LogP contribution in [0.2, 0.25) is 0 Å². The molecule has 0 aromatic rings. The fraction of sp³-hybridized carbons (Fsp3) is 0.778. The third-order valence-corrected chi connectivity index (χ3v) is 4.55. The van der Waals surface area contributed by atoms with E-state index in [1.807, 2.05) is 0 Å². The summed E-state index contributed by atoms with van der Waals surface area (Å²) >= 11 is 0. The Hall–Kier alpha value is -1.31. The van der Waals surface area contributed by atoms with Gasteiger partial charge in [0.1, 0.15) is 6.04 Å². The number of carboxylic acid groups (broad SMARTS) is 1. The number of rotatable bonds is 5. The molecule has 8 heteroatoms. The van der Waals surface area contributed by atoms with E-state index in [0.717, 1.165) is 6.26 Å². The van der Waals surface area contributed by atoms with Crippen LogP contribution in [0.25, 0.3) is 0 Å². The molecule has 0 aliphatic rings. The minimum absolute atomic E-state index is 0.0932. The van der Waals surface area contributed by atoms with Crippen LogP contribution in [0.15, 0.2) is 0 Å². The molecule has 0 saturated carbocycles. The quantitative estimate of drug-likeness (QED) is 0.625. The standard InChI is InChI=1S/C9H18N2O5S/c1-6(7(12)13)11-8(14)10-5-9(2,3)17(4,15)16/h6H,5H2,1-4H3,(H,12,13)(H2,10,11,14)/t6-/m0/s1. The van der Waals surface area contributed by atoms with E-state index in [2.05, 4.69) is 10.6 Å². The number of sulfone groups is 1. The molecule has 0 heterocycles. The molecule has 7 nitrogen and oxygen atoms in total. The van der Waals surface area contributed by atoms with Crippen molar-refractivity contribution in [3.05, 3.63) is 0 Å². The van der Waals surface area contributed by atoms with E-state index in [-0.39, 0.29) is 6.54 Å². The normalized spacial score (nSPS) is 13.9. The smallest absolute Gasteiger partial charge is 0.325 e. The van der Waals surface area contributed by atoms with Crippen LogP contribution >= 0.6 is 0 Å². The van der Waals surface area contributed by atoms with Crippen molar-refractivity contribution in [1.29, 1.82) is 0 Å². The molecule has 2 amide bonds. The van der Waals surface area contributed by atoms with Gasteiger partial charge in [-0.2, -0.15) is 0 Å². The average molecular weight is 266 g/mol. The SMILES string of the molecule is C[C@H](NC(=O)NCC(C)(C)S(C)(=O)=O)C(=O)O. The van der Waals surface area contributed by atoms with Crippen molar-refractivity contribution in [2.45, 2.75) is 31.6 Å². The van der Waals surface area contributed by atoms with Crippen molar-refractivity contribution in [1.82, 2.24) is 10.6 Å². The number of hydrogen-bond donors (Lipinski definition) is 3. The van der Waals surface area contributed by atoms with Crippen LogP contribution < -0.4 is 10.6 Å². The van der Waals surface area contributed by atoms with E-state index >= 15 is 0 Å². The molecule has 0 aromatic carbocycles. The molecule has 0 aliphatic carbocycles. The molecule has 0 unspecified atom stereocenters. The van der Waals surface area contributed by atoms with Gasteiger partial charge in [0, 0.05) is 12.8 Å². The number of urea groups is 1. The van der Waals surface area contributed by atoms with Gasteiger partial charge in [-0.1, -0.05) is 0 Å². The van der Waals surface area contributed by atoms with Gasteiger partial charge in [0.05, 0.1) is 4.75 Å². The topological polar surface area (TPSA) is 113 Å². The lowest BCUT2D eigenvalue weighted by Gasteiger charge is -2.23. The highest BCUT2D eigenvalue weighted by atomic mass is 32.2. The number of carboxylic acids is 1. The number of carbonyl (C=O) groups excluding carboxylic acids is 1. The van der Waals surface area contributed by atoms with E-state index in [4.69, 9.17) is 5.11 Å². The second kappa shape index (κ2) is 5.35. The number of aliphatic carboxylic acids is 1. The first kappa shape index (κ1) is 15.7. The predicted octanol–water partition coefficient (Wildman–Crippen LogP) is -0.418. The minimum Gasteiger partial charge on any atom is -0.480 e. The summed E-state index contributed by atoms with van der Waals surface area (Å²) in [4.78, 5) is 21.7. The van der Waals surface area contributed by atoms with Crippen molar-refractivity contribution >= 4 is 21.8 Å². The monoisotopic (exact) mass is 266 g/mol. The van der Waals surface area contributed by atoms with Gasteiger partial charge in [0.2, 0.25) is 0 Å². The van der Waals surface area contributed by atoms with Crippen molar-refractivity contribution in [3.8, 4) is 0 Å². The molecule has 1 atom stereocenters. The third-order valence-electron chi connectivity index (χ3n) is 2.40. The zero-order chi connectivity index (χ0) is 13.9. The molecule has 0 rings (SSSR count). The van der Waals surface area contributed by atoms with Gasteiger partial charge < -0.3 is 15.7 Å². The maximum absolute atomic E-state index is 11.3. The molecule has 0 fully saturated rings. The predicted molar refractivity (Wildman–Crippen MR) is 62.6 cm³/mol. The van der Waals surface area contributed by atoms with E-state index in [1.165, 1.54) is 20.8 Å². The van der Waals surface area contributed by atoms with Gasteiger partial charge >= 0.3 is 12.0 Å². The first-order valence-electron chi connectivity index (χ1n) is 4.94. The highest BCUT2D eigenvalue weighted by Crippen LogP contribution is 2.13. The molecule has 0 aromatic heterocycles. The summed E-state index contributed by atoms with van der Waals surface area (Å²) < 4.78 is 21.6. The van der Waals surface area contributed by atoms with Gasteiger partial charge in [-0.25, -0.2) is 13.2 Å². The van der Waals surface area contributed by atoms with Crippen molar-refractivity contribution in [2.75, 3.05) is 12.8 Å². The Labute approximate surface area is 101 Å². The summed E-state index contributed by atoms with van der Waals surface area (Å²) in [7, 11) is -3.30. The lowest BCUT2D eigenvalue weighted by atomic mass is 10.2.